The number of benzene rings is 1. The van der Waals surface area contributed by atoms with Gasteiger partial charge in [0.15, 0.2) is 0 Å². The zero-order chi connectivity index (χ0) is 13.3. The molecule has 1 atom stereocenters. The van der Waals surface area contributed by atoms with Crippen molar-refractivity contribution in [3.8, 4) is 0 Å². The van der Waals surface area contributed by atoms with E-state index >= 15 is 0 Å². The molecule has 18 heavy (non-hydrogen) atoms. The maximum Gasteiger partial charge on any atom is 0.322 e. The van der Waals surface area contributed by atoms with Crippen LogP contribution in [0.4, 0.5) is 0 Å². The molecule has 0 bridgehead atoms. The minimum atomic E-state index is -3.71. The van der Waals surface area contributed by atoms with Crippen LogP contribution in [-0.4, -0.2) is 36.4 Å². The predicted octanol–water partition coefficient (Wildman–Crippen LogP) is 1.23. The van der Waals surface area contributed by atoms with Crippen molar-refractivity contribution in [3.63, 3.8) is 0 Å². The first-order valence-corrected chi connectivity index (χ1v) is 7.19. The summed E-state index contributed by atoms with van der Waals surface area (Å²) in [7, 11) is -3.71. The summed E-state index contributed by atoms with van der Waals surface area (Å²) in [6.45, 7) is 1.98. The zero-order valence-corrected chi connectivity index (χ0v) is 10.9. The predicted molar refractivity (Wildman–Crippen MR) is 65.7 cm³/mol. The van der Waals surface area contributed by atoms with E-state index in [-0.39, 0.29) is 11.4 Å². The molecule has 5 nitrogen and oxygen atoms in total. The highest BCUT2D eigenvalue weighted by molar-refractivity contribution is 7.89. The van der Waals surface area contributed by atoms with Crippen molar-refractivity contribution in [2.75, 3.05) is 6.54 Å². The molecule has 1 aliphatic rings. The van der Waals surface area contributed by atoms with Crippen molar-refractivity contribution in [3.05, 3.63) is 29.8 Å². The van der Waals surface area contributed by atoms with Crippen LogP contribution in [0, 0.1) is 6.92 Å². The summed E-state index contributed by atoms with van der Waals surface area (Å²) in [6, 6.07) is 5.69. The van der Waals surface area contributed by atoms with Crippen molar-refractivity contribution in [1.29, 1.82) is 0 Å². The third kappa shape index (κ3) is 2.13. The number of hydrogen-bond acceptors (Lipinski definition) is 3. The van der Waals surface area contributed by atoms with E-state index in [1.807, 2.05) is 0 Å². The molecular formula is C12H15NO4S. The number of carboxylic acids is 1. The Kier molecular flexibility index (Phi) is 3.41. The molecule has 0 radical (unpaired) electrons. The third-order valence-corrected chi connectivity index (χ3v) is 5.24. The molecule has 0 aromatic heterocycles. The van der Waals surface area contributed by atoms with Crippen LogP contribution >= 0.6 is 0 Å². The summed E-state index contributed by atoms with van der Waals surface area (Å²) in [5.41, 5.74) is 0.633. The first-order valence-electron chi connectivity index (χ1n) is 5.75. The van der Waals surface area contributed by atoms with Gasteiger partial charge in [-0.15, -0.1) is 0 Å². The van der Waals surface area contributed by atoms with E-state index in [0.29, 0.717) is 18.4 Å². The molecule has 1 saturated heterocycles. The van der Waals surface area contributed by atoms with Gasteiger partial charge in [-0.3, -0.25) is 4.79 Å². The van der Waals surface area contributed by atoms with E-state index in [4.69, 9.17) is 5.11 Å². The van der Waals surface area contributed by atoms with Gasteiger partial charge in [0.2, 0.25) is 10.0 Å². The lowest BCUT2D eigenvalue weighted by atomic mass is 10.2. The molecular weight excluding hydrogens is 254 g/mol. The molecule has 0 aliphatic carbocycles. The molecule has 1 aromatic carbocycles. The van der Waals surface area contributed by atoms with Crippen LogP contribution in [0.2, 0.25) is 0 Å². The van der Waals surface area contributed by atoms with Crippen molar-refractivity contribution in [1.82, 2.24) is 4.31 Å². The van der Waals surface area contributed by atoms with Crippen molar-refractivity contribution >= 4 is 16.0 Å². The standard InChI is InChI=1S/C12H15NO4S/c1-9-5-2-3-7-11(9)18(16,17)13-8-4-6-10(13)12(14)15/h2-3,5,7,10H,4,6,8H2,1H3,(H,14,15)/t10-/m1/s1. The van der Waals surface area contributed by atoms with Gasteiger partial charge < -0.3 is 5.11 Å². The van der Waals surface area contributed by atoms with Crippen molar-refractivity contribution < 1.29 is 18.3 Å². The van der Waals surface area contributed by atoms with E-state index < -0.39 is 22.0 Å². The van der Waals surface area contributed by atoms with Crippen molar-refractivity contribution in [2.45, 2.75) is 30.7 Å². The number of sulfonamides is 1. The lowest BCUT2D eigenvalue weighted by Gasteiger charge is -2.21. The number of carboxylic acid groups (broad SMARTS) is 1. The van der Waals surface area contributed by atoms with Crippen LogP contribution in [0.5, 0.6) is 0 Å². The summed E-state index contributed by atoms with van der Waals surface area (Å²) in [5.74, 6) is -1.08. The van der Waals surface area contributed by atoms with Crippen molar-refractivity contribution in [2.24, 2.45) is 0 Å². The lowest BCUT2D eigenvalue weighted by Crippen LogP contribution is -2.40. The summed E-state index contributed by atoms with van der Waals surface area (Å²) in [5, 5.41) is 9.06. The highest BCUT2D eigenvalue weighted by Crippen LogP contribution is 2.27. The van der Waals surface area contributed by atoms with Gasteiger partial charge in [-0.05, 0) is 31.4 Å². The number of aryl methyl sites for hydroxylation is 1. The maximum absolute atomic E-state index is 12.4. The molecule has 1 fully saturated rings. The van der Waals surface area contributed by atoms with Crippen LogP contribution in [0.15, 0.2) is 29.2 Å². The Morgan fingerprint density at radius 1 is 1.39 bits per heavy atom. The number of carbonyl (C=O) groups is 1. The topological polar surface area (TPSA) is 74.7 Å². The van der Waals surface area contributed by atoms with Gasteiger partial charge >= 0.3 is 5.97 Å². The van der Waals surface area contributed by atoms with Crippen LogP contribution in [-0.2, 0) is 14.8 Å². The largest absolute Gasteiger partial charge is 0.480 e. The Hall–Kier alpha value is -1.40. The first-order chi connectivity index (χ1) is 8.44. The van der Waals surface area contributed by atoms with Gasteiger partial charge in [0, 0.05) is 6.54 Å². The lowest BCUT2D eigenvalue weighted by molar-refractivity contribution is -0.140. The van der Waals surface area contributed by atoms with E-state index in [9.17, 15) is 13.2 Å². The molecule has 1 aromatic rings. The smallest absolute Gasteiger partial charge is 0.322 e. The molecule has 0 unspecified atom stereocenters. The van der Waals surface area contributed by atoms with E-state index in [0.717, 1.165) is 4.31 Å². The Morgan fingerprint density at radius 3 is 2.67 bits per heavy atom. The van der Waals surface area contributed by atoms with Gasteiger partial charge in [0.1, 0.15) is 6.04 Å². The van der Waals surface area contributed by atoms with E-state index in [2.05, 4.69) is 0 Å². The highest BCUT2D eigenvalue weighted by Gasteiger charge is 2.39. The number of hydrogen-bond donors (Lipinski definition) is 1. The molecule has 0 spiro atoms. The van der Waals surface area contributed by atoms with Crippen LogP contribution in [0.25, 0.3) is 0 Å². The minimum absolute atomic E-state index is 0.193. The zero-order valence-electron chi connectivity index (χ0n) is 10.0. The SMILES string of the molecule is Cc1ccccc1S(=O)(=O)N1CCC[C@@H]1C(=O)O. The molecule has 0 saturated carbocycles. The Bertz CT molecular complexity index is 567. The van der Waals surface area contributed by atoms with E-state index in [1.54, 1.807) is 25.1 Å². The molecule has 1 N–H and O–H groups in total. The van der Waals surface area contributed by atoms with Crippen LogP contribution in [0.1, 0.15) is 18.4 Å². The molecule has 1 heterocycles. The summed E-state index contributed by atoms with van der Waals surface area (Å²) in [6.07, 6.45) is 0.961. The van der Waals surface area contributed by atoms with Gasteiger partial charge in [0.25, 0.3) is 0 Å². The average molecular weight is 269 g/mol. The van der Waals surface area contributed by atoms with Gasteiger partial charge in [-0.1, -0.05) is 18.2 Å². The fourth-order valence-electron chi connectivity index (χ4n) is 2.25. The van der Waals surface area contributed by atoms with Gasteiger partial charge in [-0.25, -0.2) is 8.42 Å². The van der Waals surface area contributed by atoms with E-state index in [1.165, 1.54) is 6.07 Å². The second-order valence-electron chi connectivity index (χ2n) is 4.38. The maximum atomic E-state index is 12.4. The molecule has 6 heteroatoms. The normalized spacial score (nSPS) is 21.1. The second-order valence-corrected chi connectivity index (χ2v) is 6.24. The minimum Gasteiger partial charge on any atom is -0.480 e. The number of rotatable bonds is 3. The average Bonchev–Trinajstić information content (AvgIpc) is 2.78. The summed E-state index contributed by atoms with van der Waals surface area (Å²) in [4.78, 5) is 11.3. The van der Waals surface area contributed by atoms with Crippen LogP contribution < -0.4 is 0 Å². The monoisotopic (exact) mass is 269 g/mol. The molecule has 1 aliphatic heterocycles. The molecule has 2 rings (SSSR count). The molecule has 98 valence electrons. The number of aliphatic carboxylic acids is 1. The Balaban J connectivity index is 2.43. The fraction of sp³-hybridized carbons (Fsp3) is 0.417. The third-order valence-electron chi connectivity index (χ3n) is 3.17. The Morgan fingerprint density at radius 2 is 2.06 bits per heavy atom. The van der Waals surface area contributed by atoms with Crippen LogP contribution in [0.3, 0.4) is 0 Å². The van der Waals surface area contributed by atoms with Gasteiger partial charge in [-0.2, -0.15) is 4.31 Å². The van der Waals surface area contributed by atoms with Gasteiger partial charge in [0.05, 0.1) is 4.90 Å². The summed E-state index contributed by atoms with van der Waals surface area (Å²) < 4.78 is 26.0. The highest BCUT2D eigenvalue weighted by atomic mass is 32.2. The quantitative estimate of drug-likeness (QED) is 0.895. The fourth-order valence-corrected chi connectivity index (χ4v) is 4.12. The Labute approximate surface area is 106 Å². The second kappa shape index (κ2) is 4.70. The molecule has 0 amide bonds. The number of nitrogens with zero attached hydrogens (tertiary/aromatic N) is 1. The first kappa shape index (κ1) is 13.0. The summed E-state index contributed by atoms with van der Waals surface area (Å²) >= 11 is 0.